The van der Waals surface area contributed by atoms with Crippen LogP contribution in [0.1, 0.15) is 34.1 Å². The van der Waals surface area contributed by atoms with Crippen LogP contribution in [0.5, 0.6) is 0 Å². The van der Waals surface area contributed by atoms with Crippen LogP contribution < -0.4 is 5.32 Å². The molecule has 0 aromatic carbocycles. The molecule has 2 aromatic heterocycles. The summed E-state index contributed by atoms with van der Waals surface area (Å²) >= 11 is 0. The number of aryl methyl sites for hydroxylation is 2. The van der Waals surface area contributed by atoms with E-state index in [1.165, 1.54) is 6.08 Å². The topological polar surface area (TPSA) is 88.3 Å². The van der Waals surface area contributed by atoms with Crippen LogP contribution in [0.2, 0.25) is 0 Å². The van der Waals surface area contributed by atoms with Crippen molar-refractivity contribution in [1.29, 1.82) is 0 Å². The highest BCUT2D eigenvalue weighted by molar-refractivity contribution is 5.93. The number of pyridine rings is 1. The quantitative estimate of drug-likeness (QED) is 0.777. The first-order valence-corrected chi connectivity index (χ1v) is 9.62. The molecular weight excluding hydrogens is 356 g/mol. The van der Waals surface area contributed by atoms with Crippen molar-refractivity contribution >= 4 is 17.9 Å². The van der Waals surface area contributed by atoms with E-state index in [0.717, 1.165) is 25.1 Å². The zero-order valence-corrected chi connectivity index (χ0v) is 16.1. The van der Waals surface area contributed by atoms with Crippen molar-refractivity contribution in [2.45, 2.75) is 20.3 Å². The van der Waals surface area contributed by atoms with Crippen molar-refractivity contribution in [3.63, 3.8) is 0 Å². The lowest BCUT2D eigenvalue weighted by molar-refractivity contribution is -0.116. The first kappa shape index (κ1) is 18.4. The molecule has 2 aliphatic rings. The van der Waals surface area contributed by atoms with Gasteiger partial charge in [0.2, 0.25) is 11.7 Å². The van der Waals surface area contributed by atoms with E-state index in [1.54, 1.807) is 32.3 Å². The van der Waals surface area contributed by atoms with E-state index in [9.17, 15) is 9.59 Å². The van der Waals surface area contributed by atoms with Gasteiger partial charge in [-0.2, -0.15) is 0 Å². The summed E-state index contributed by atoms with van der Waals surface area (Å²) in [4.78, 5) is 34.5. The van der Waals surface area contributed by atoms with Gasteiger partial charge in [-0.3, -0.25) is 14.6 Å². The van der Waals surface area contributed by atoms with E-state index in [0.29, 0.717) is 41.6 Å². The first-order valence-electron chi connectivity index (χ1n) is 9.62. The van der Waals surface area contributed by atoms with E-state index >= 15 is 0 Å². The highest BCUT2D eigenvalue weighted by Gasteiger charge is 2.56. The number of aromatic nitrogens is 2. The van der Waals surface area contributed by atoms with E-state index in [4.69, 9.17) is 4.42 Å². The molecule has 2 fully saturated rings. The van der Waals surface area contributed by atoms with Crippen LogP contribution in [0, 0.1) is 31.6 Å². The molecule has 146 valence electrons. The standard InChI is InChI=1S/C21H24N4O3/c1-13-20(28-14(2)24-13)21(27)25-11-17-16(18(17)12-25)7-9-23-19(26)6-5-15-4-3-8-22-10-15/h3-6,8,10,16-18H,7,9,11-12H2,1-2H3,(H,23,26)/b6-5+. The molecule has 1 saturated carbocycles. The Hall–Kier alpha value is -2.96. The number of fused-ring (bicyclic) bond motifs is 1. The van der Waals surface area contributed by atoms with Gasteiger partial charge in [0.15, 0.2) is 5.89 Å². The minimum Gasteiger partial charge on any atom is -0.436 e. The van der Waals surface area contributed by atoms with Gasteiger partial charge in [0.1, 0.15) is 0 Å². The second-order valence-electron chi connectivity index (χ2n) is 7.55. The zero-order valence-electron chi connectivity index (χ0n) is 16.1. The van der Waals surface area contributed by atoms with Crippen molar-refractivity contribution in [1.82, 2.24) is 20.2 Å². The molecule has 7 nitrogen and oxygen atoms in total. The van der Waals surface area contributed by atoms with Gasteiger partial charge in [0, 0.05) is 45.0 Å². The summed E-state index contributed by atoms with van der Waals surface area (Å²) in [5.74, 6) is 2.40. The Morgan fingerprint density at radius 1 is 1.32 bits per heavy atom. The molecule has 0 radical (unpaired) electrons. The monoisotopic (exact) mass is 380 g/mol. The summed E-state index contributed by atoms with van der Waals surface area (Å²) in [6, 6.07) is 3.74. The summed E-state index contributed by atoms with van der Waals surface area (Å²) in [7, 11) is 0. The lowest BCUT2D eigenvalue weighted by Crippen LogP contribution is -2.32. The maximum absolute atomic E-state index is 12.6. The molecule has 2 atom stereocenters. The van der Waals surface area contributed by atoms with E-state index in [-0.39, 0.29) is 11.8 Å². The number of rotatable bonds is 6. The molecule has 3 heterocycles. The number of amides is 2. The lowest BCUT2D eigenvalue weighted by Gasteiger charge is -2.18. The number of hydrogen-bond donors (Lipinski definition) is 1. The van der Waals surface area contributed by atoms with E-state index in [2.05, 4.69) is 15.3 Å². The molecule has 2 amide bonds. The molecule has 4 rings (SSSR count). The van der Waals surface area contributed by atoms with Gasteiger partial charge < -0.3 is 14.6 Å². The van der Waals surface area contributed by atoms with E-state index in [1.807, 2.05) is 17.0 Å². The average Bonchev–Trinajstić information content (AvgIpc) is 3.01. The molecule has 0 bridgehead atoms. The van der Waals surface area contributed by atoms with Gasteiger partial charge in [-0.1, -0.05) is 6.07 Å². The molecule has 7 heteroatoms. The summed E-state index contributed by atoms with van der Waals surface area (Å²) in [6.07, 6.45) is 7.65. The maximum atomic E-state index is 12.6. The van der Waals surface area contributed by atoms with Crippen molar-refractivity contribution in [3.8, 4) is 0 Å². The van der Waals surface area contributed by atoms with Gasteiger partial charge in [0.05, 0.1) is 5.69 Å². The molecule has 2 aromatic rings. The van der Waals surface area contributed by atoms with Crippen molar-refractivity contribution in [3.05, 3.63) is 53.5 Å². The van der Waals surface area contributed by atoms with Gasteiger partial charge in [-0.25, -0.2) is 4.98 Å². The van der Waals surface area contributed by atoms with Crippen LogP contribution in [-0.4, -0.2) is 46.3 Å². The second kappa shape index (κ2) is 7.58. The fourth-order valence-electron chi connectivity index (χ4n) is 4.18. The molecule has 28 heavy (non-hydrogen) atoms. The minimum atomic E-state index is -0.0948. The van der Waals surface area contributed by atoms with Crippen LogP contribution in [0.4, 0.5) is 0 Å². The molecule has 2 unspecified atom stereocenters. The van der Waals surface area contributed by atoms with Gasteiger partial charge >= 0.3 is 0 Å². The summed E-state index contributed by atoms with van der Waals surface area (Å²) in [5, 5.41) is 2.93. The molecular formula is C21H24N4O3. The molecule has 1 aliphatic carbocycles. The zero-order chi connectivity index (χ0) is 19.7. The third kappa shape index (κ3) is 3.83. The maximum Gasteiger partial charge on any atom is 0.291 e. The van der Waals surface area contributed by atoms with Crippen molar-refractivity contribution in [2.24, 2.45) is 17.8 Å². The van der Waals surface area contributed by atoms with Gasteiger partial charge in [0.25, 0.3) is 5.91 Å². The number of carbonyl (C=O) groups excluding carboxylic acids is 2. The SMILES string of the molecule is Cc1nc(C)c(C(=O)N2CC3C(CCNC(=O)/C=C/c4cccnc4)C3C2)o1. The van der Waals surface area contributed by atoms with E-state index < -0.39 is 0 Å². The van der Waals surface area contributed by atoms with Crippen LogP contribution in [0.15, 0.2) is 35.0 Å². The average molecular weight is 380 g/mol. The summed E-state index contributed by atoms with van der Waals surface area (Å²) in [6.45, 7) is 5.74. The minimum absolute atomic E-state index is 0.0575. The Morgan fingerprint density at radius 2 is 2.11 bits per heavy atom. The fraction of sp³-hybridized carbons (Fsp3) is 0.429. The highest BCUT2D eigenvalue weighted by Crippen LogP contribution is 2.53. The predicted octanol–water partition coefficient (Wildman–Crippen LogP) is 2.22. The second-order valence-corrected chi connectivity index (χ2v) is 7.55. The Morgan fingerprint density at radius 3 is 2.75 bits per heavy atom. The number of likely N-dealkylation sites (tertiary alicyclic amines) is 1. The number of oxazole rings is 1. The smallest absolute Gasteiger partial charge is 0.291 e. The number of hydrogen-bond acceptors (Lipinski definition) is 5. The fourth-order valence-corrected chi connectivity index (χ4v) is 4.18. The van der Waals surface area contributed by atoms with Gasteiger partial charge in [-0.15, -0.1) is 0 Å². The highest BCUT2D eigenvalue weighted by atomic mass is 16.4. The molecule has 1 N–H and O–H groups in total. The number of nitrogens with one attached hydrogen (secondary N) is 1. The molecule has 1 aliphatic heterocycles. The Labute approximate surface area is 163 Å². The number of carbonyl (C=O) groups is 2. The first-order chi connectivity index (χ1) is 13.5. The third-order valence-electron chi connectivity index (χ3n) is 5.64. The van der Waals surface area contributed by atoms with Gasteiger partial charge in [-0.05, 0) is 48.8 Å². The van der Waals surface area contributed by atoms with Crippen LogP contribution in [0.3, 0.4) is 0 Å². The Kier molecular flexibility index (Phi) is 4.98. The third-order valence-corrected chi connectivity index (χ3v) is 5.64. The normalized spacial score (nSPS) is 23.1. The van der Waals surface area contributed by atoms with Crippen LogP contribution in [-0.2, 0) is 4.79 Å². The Bertz CT molecular complexity index is 894. The molecule has 0 spiro atoms. The summed E-state index contributed by atoms with van der Waals surface area (Å²) in [5.41, 5.74) is 1.55. The predicted molar refractivity (Wildman–Crippen MR) is 103 cm³/mol. The van der Waals surface area contributed by atoms with Crippen molar-refractivity contribution < 1.29 is 14.0 Å². The van der Waals surface area contributed by atoms with Crippen LogP contribution in [0.25, 0.3) is 6.08 Å². The summed E-state index contributed by atoms with van der Waals surface area (Å²) < 4.78 is 5.45. The van der Waals surface area contributed by atoms with Crippen molar-refractivity contribution in [2.75, 3.05) is 19.6 Å². The van der Waals surface area contributed by atoms with Crippen LogP contribution >= 0.6 is 0 Å². The largest absolute Gasteiger partial charge is 0.436 e. The lowest BCUT2D eigenvalue weighted by atomic mass is 10.2. The number of nitrogens with zero attached hydrogens (tertiary/aromatic N) is 3. The number of piperidine rings is 1. The Balaban J connectivity index is 1.19. The molecule has 1 saturated heterocycles.